The quantitative estimate of drug-likeness (QED) is 0.562. The predicted octanol–water partition coefficient (Wildman–Crippen LogP) is 4.58. The number of nitrogens with zero attached hydrogens (tertiary/aromatic N) is 1. The number of para-hydroxylation sites is 1. The van der Waals surface area contributed by atoms with Crippen LogP contribution in [0.25, 0.3) is 11.1 Å². The first-order chi connectivity index (χ1) is 16.1. The van der Waals surface area contributed by atoms with E-state index < -0.39 is 10.0 Å². The molecule has 0 aromatic heterocycles. The highest BCUT2D eigenvalue weighted by Gasteiger charge is 2.34. The van der Waals surface area contributed by atoms with E-state index in [4.69, 9.17) is 0 Å². The van der Waals surface area contributed by atoms with Crippen molar-refractivity contribution < 1.29 is 18.0 Å². The predicted molar refractivity (Wildman–Crippen MR) is 134 cm³/mol. The molecule has 2 N–H and O–H groups in total. The Labute approximate surface area is 199 Å². The number of rotatable bonds is 5. The molecule has 3 aromatic carbocycles. The summed E-state index contributed by atoms with van der Waals surface area (Å²) < 4.78 is 27.2. The zero-order valence-corrected chi connectivity index (χ0v) is 20.4. The summed E-state index contributed by atoms with van der Waals surface area (Å²) in [5, 5.41) is 5.77. The third kappa shape index (κ3) is 4.05. The van der Waals surface area contributed by atoms with Crippen LogP contribution in [0, 0.1) is 6.92 Å². The van der Waals surface area contributed by atoms with Gasteiger partial charge >= 0.3 is 0 Å². The van der Waals surface area contributed by atoms with Gasteiger partial charge in [0.15, 0.2) is 0 Å². The fourth-order valence-corrected chi connectivity index (χ4v) is 5.59. The standard InChI is InChI=1S/C26H27N3O4S/c1-5-17(3)27-26(31)20-11-6-8-12-22(20)28-25(30)18-14-16(2)24-21(15-18)19-10-7-9-13-23(19)34(32,33)29(24)4/h6-15,17H,5H2,1-4H3,(H,27,31)(H,28,30)/t17-/m1/s1. The highest BCUT2D eigenvalue weighted by Crippen LogP contribution is 2.44. The summed E-state index contributed by atoms with van der Waals surface area (Å²) >= 11 is 0. The third-order valence-corrected chi connectivity index (χ3v) is 7.92. The maximum Gasteiger partial charge on any atom is 0.264 e. The average molecular weight is 478 g/mol. The maximum atomic E-state index is 13.3. The van der Waals surface area contributed by atoms with Gasteiger partial charge in [0.1, 0.15) is 0 Å². The van der Waals surface area contributed by atoms with Crippen LogP contribution < -0.4 is 14.9 Å². The molecule has 0 aliphatic carbocycles. The lowest BCUT2D eigenvalue weighted by Gasteiger charge is -2.31. The number of carbonyl (C=O) groups is 2. The Hall–Kier alpha value is -3.65. The van der Waals surface area contributed by atoms with E-state index in [-0.39, 0.29) is 22.8 Å². The van der Waals surface area contributed by atoms with Gasteiger partial charge in [0.05, 0.1) is 21.8 Å². The van der Waals surface area contributed by atoms with Crippen LogP contribution in [0.1, 0.15) is 46.5 Å². The molecule has 0 saturated carbocycles. The minimum atomic E-state index is -3.68. The number of benzene rings is 3. The molecular weight excluding hydrogens is 450 g/mol. The minimum absolute atomic E-state index is 0.00731. The van der Waals surface area contributed by atoms with Crippen molar-refractivity contribution in [3.05, 3.63) is 77.4 Å². The summed E-state index contributed by atoms with van der Waals surface area (Å²) in [5.41, 5.74) is 3.58. The van der Waals surface area contributed by atoms with Gasteiger partial charge in [-0.1, -0.05) is 37.3 Å². The normalized spacial score (nSPS) is 14.5. The number of nitrogens with one attached hydrogen (secondary N) is 2. The SMILES string of the molecule is CC[C@@H](C)NC(=O)c1ccccc1NC(=O)c1cc(C)c2c(c1)-c1ccccc1S(=O)(=O)N2C. The molecule has 4 rings (SSSR count). The van der Waals surface area contributed by atoms with E-state index in [0.717, 1.165) is 6.42 Å². The highest BCUT2D eigenvalue weighted by atomic mass is 32.2. The molecule has 1 atom stereocenters. The molecule has 0 radical (unpaired) electrons. The van der Waals surface area contributed by atoms with Crippen LogP contribution >= 0.6 is 0 Å². The largest absolute Gasteiger partial charge is 0.350 e. The molecule has 1 aliphatic rings. The Balaban J connectivity index is 1.72. The molecule has 0 saturated heterocycles. The molecule has 0 spiro atoms. The van der Waals surface area contributed by atoms with Crippen LogP contribution in [-0.4, -0.2) is 33.3 Å². The lowest BCUT2D eigenvalue weighted by atomic mass is 9.96. The summed E-state index contributed by atoms with van der Waals surface area (Å²) in [7, 11) is -2.16. The van der Waals surface area contributed by atoms with E-state index in [1.54, 1.807) is 67.6 Å². The second-order valence-electron chi connectivity index (χ2n) is 8.44. The Bertz CT molecular complexity index is 1400. The van der Waals surface area contributed by atoms with Gasteiger partial charge in [-0.25, -0.2) is 8.42 Å². The number of fused-ring (bicyclic) bond motifs is 3. The Morgan fingerprint density at radius 2 is 1.65 bits per heavy atom. The van der Waals surface area contributed by atoms with Crippen LogP contribution in [0.4, 0.5) is 11.4 Å². The number of amides is 2. The van der Waals surface area contributed by atoms with Crippen molar-refractivity contribution in [1.82, 2.24) is 5.32 Å². The van der Waals surface area contributed by atoms with Gasteiger partial charge in [-0.05, 0) is 56.2 Å². The zero-order chi connectivity index (χ0) is 24.6. The number of hydrogen-bond donors (Lipinski definition) is 2. The number of anilines is 2. The molecule has 1 heterocycles. The van der Waals surface area contributed by atoms with E-state index >= 15 is 0 Å². The van der Waals surface area contributed by atoms with Gasteiger partial charge in [-0.15, -0.1) is 0 Å². The fraction of sp³-hybridized carbons (Fsp3) is 0.231. The van der Waals surface area contributed by atoms with Gasteiger partial charge in [-0.2, -0.15) is 0 Å². The number of aryl methyl sites for hydroxylation is 1. The Morgan fingerprint density at radius 3 is 2.38 bits per heavy atom. The first-order valence-electron chi connectivity index (χ1n) is 11.1. The van der Waals surface area contributed by atoms with Crippen molar-refractivity contribution in [3.63, 3.8) is 0 Å². The van der Waals surface area contributed by atoms with Crippen LogP contribution in [0.5, 0.6) is 0 Å². The second-order valence-corrected chi connectivity index (χ2v) is 10.4. The molecule has 8 heteroatoms. The van der Waals surface area contributed by atoms with E-state index in [1.807, 2.05) is 13.8 Å². The lowest BCUT2D eigenvalue weighted by molar-refractivity contribution is 0.0940. The van der Waals surface area contributed by atoms with Crippen molar-refractivity contribution in [3.8, 4) is 11.1 Å². The molecular formula is C26H27N3O4S. The summed E-state index contributed by atoms with van der Waals surface area (Å²) in [4.78, 5) is 26.2. The Kier molecular flexibility index (Phi) is 6.18. The van der Waals surface area contributed by atoms with Gasteiger partial charge in [-0.3, -0.25) is 13.9 Å². The second kappa shape index (κ2) is 8.95. The molecule has 0 bridgehead atoms. The van der Waals surface area contributed by atoms with Crippen LogP contribution in [0.15, 0.2) is 65.6 Å². The van der Waals surface area contributed by atoms with E-state index in [1.165, 1.54) is 11.4 Å². The lowest BCUT2D eigenvalue weighted by Crippen LogP contribution is -2.32. The molecule has 0 unspecified atom stereocenters. The molecule has 176 valence electrons. The van der Waals surface area contributed by atoms with E-state index in [0.29, 0.717) is 39.2 Å². The van der Waals surface area contributed by atoms with Crippen molar-refractivity contribution >= 4 is 33.2 Å². The maximum absolute atomic E-state index is 13.3. The van der Waals surface area contributed by atoms with Crippen molar-refractivity contribution in [1.29, 1.82) is 0 Å². The molecule has 1 aliphatic heterocycles. The minimum Gasteiger partial charge on any atom is -0.350 e. The molecule has 0 fully saturated rings. The number of carbonyl (C=O) groups excluding carboxylic acids is 2. The van der Waals surface area contributed by atoms with Crippen LogP contribution in [-0.2, 0) is 10.0 Å². The van der Waals surface area contributed by atoms with Crippen molar-refractivity contribution in [2.45, 2.75) is 38.1 Å². The number of hydrogen-bond acceptors (Lipinski definition) is 4. The summed E-state index contributed by atoms with van der Waals surface area (Å²) in [6.07, 6.45) is 0.792. The summed E-state index contributed by atoms with van der Waals surface area (Å²) in [5.74, 6) is -0.643. The monoisotopic (exact) mass is 477 g/mol. The van der Waals surface area contributed by atoms with E-state index in [2.05, 4.69) is 10.6 Å². The third-order valence-electron chi connectivity index (χ3n) is 6.10. The Morgan fingerprint density at radius 1 is 0.971 bits per heavy atom. The molecule has 2 amide bonds. The van der Waals surface area contributed by atoms with Gasteiger partial charge in [0.25, 0.3) is 21.8 Å². The van der Waals surface area contributed by atoms with Gasteiger partial charge < -0.3 is 10.6 Å². The van der Waals surface area contributed by atoms with Crippen LogP contribution in [0.3, 0.4) is 0 Å². The smallest absolute Gasteiger partial charge is 0.264 e. The van der Waals surface area contributed by atoms with Crippen molar-refractivity contribution in [2.24, 2.45) is 0 Å². The van der Waals surface area contributed by atoms with E-state index in [9.17, 15) is 18.0 Å². The fourth-order valence-electron chi connectivity index (χ4n) is 4.10. The molecule has 34 heavy (non-hydrogen) atoms. The van der Waals surface area contributed by atoms with Gasteiger partial charge in [0, 0.05) is 29.8 Å². The summed E-state index contributed by atoms with van der Waals surface area (Å²) in [6.45, 7) is 5.69. The topological polar surface area (TPSA) is 95.6 Å². The average Bonchev–Trinajstić information content (AvgIpc) is 2.82. The van der Waals surface area contributed by atoms with Crippen LogP contribution in [0.2, 0.25) is 0 Å². The first kappa shape index (κ1) is 23.5. The molecule has 3 aromatic rings. The number of sulfonamides is 1. The highest BCUT2D eigenvalue weighted by molar-refractivity contribution is 7.93. The molecule has 7 nitrogen and oxygen atoms in total. The summed E-state index contributed by atoms with van der Waals surface area (Å²) in [6, 6.07) is 17.0. The first-order valence-corrected chi connectivity index (χ1v) is 12.5. The zero-order valence-electron chi connectivity index (χ0n) is 19.5. The van der Waals surface area contributed by atoms with Gasteiger partial charge in [0.2, 0.25) is 0 Å². The van der Waals surface area contributed by atoms with Crippen molar-refractivity contribution in [2.75, 3.05) is 16.7 Å².